The monoisotopic (exact) mass is 248 g/mol. The Bertz CT molecular complexity index is 560. The largest absolute Gasteiger partial charge is 0.361 e. The van der Waals surface area contributed by atoms with Gasteiger partial charge in [-0.15, -0.1) is 0 Å². The quantitative estimate of drug-likeness (QED) is 0.658. The maximum atomic E-state index is 10.8. The number of hydrogen-bond acceptors (Lipinski definition) is 6. The zero-order valence-corrected chi connectivity index (χ0v) is 10.0. The highest BCUT2D eigenvalue weighted by atomic mass is 16.6. The van der Waals surface area contributed by atoms with Crippen molar-refractivity contribution >= 4 is 11.5 Å². The molecule has 7 nitrogen and oxygen atoms in total. The summed E-state index contributed by atoms with van der Waals surface area (Å²) in [5.41, 5.74) is 1.60. The molecule has 0 unspecified atom stereocenters. The second-order valence-electron chi connectivity index (χ2n) is 3.78. The number of nitrogens with one attached hydrogen (secondary N) is 1. The highest BCUT2D eigenvalue weighted by molar-refractivity contribution is 5.55. The van der Waals surface area contributed by atoms with E-state index in [1.807, 2.05) is 6.92 Å². The minimum Gasteiger partial charge on any atom is -0.361 e. The van der Waals surface area contributed by atoms with E-state index in [2.05, 4.69) is 15.5 Å². The minimum absolute atomic E-state index is 0.0516. The lowest BCUT2D eigenvalue weighted by Gasteiger charge is -2.05. The number of rotatable bonds is 4. The molecule has 2 aromatic rings. The van der Waals surface area contributed by atoms with Gasteiger partial charge in [0.05, 0.1) is 10.6 Å². The molecule has 0 aliphatic rings. The molecular formula is C11H12N4O3. The summed E-state index contributed by atoms with van der Waals surface area (Å²) >= 11 is 0. The standard InChI is InChI=1S/C11H12N4O3/c1-7-9(8(2)18-14-7)6-13-11-10(15(16)17)4-3-5-12-11/h3-5H,6H2,1-2H3,(H,12,13). The number of nitrogens with zero attached hydrogens (tertiary/aromatic N) is 3. The molecule has 2 rings (SSSR count). The van der Waals surface area contributed by atoms with Gasteiger partial charge >= 0.3 is 5.69 Å². The average Bonchev–Trinajstić information content (AvgIpc) is 2.67. The van der Waals surface area contributed by atoms with E-state index in [-0.39, 0.29) is 11.5 Å². The molecule has 0 spiro atoms. The Morgan fingerprint density at radius 3 is 2.89 bits per heavy atom. The summed E-state index contributed by atoms with van der Waals surface area (Å²) < 4.78 is 5.02. The van der Waals surface area contributed by atoms with Gasteiger partial charge in [0.15, 0.2) is 0 Å². The molecule has 2 aromatic heterocycles. The molecule has 94 valence electrons. The first kappa shape index (κ1) is 12.0. The molecular weight excluding hydrogens is 236 g/mol. The summed E-state index contributed by atoms with van der Waals surface area (Å²) in [6.45, 7) is 4.00. The van der Waals surface area contributed by atoms with Crippen molar-refractivity contribution in [1.29, 1.82) is 0 Å². The fraction of sp³-hybridized carbons (Fsp3) is 0.273. The van der Waals surface area contributed by atoms with Crippen LogP contribution in [-0.2, 0) is 6.54 Å². The molecule has 0 saturated carbocycles. The van der Waals surface area contributed by atoms with Gasteiger partial charge in [0.2, 0.25) is 5.82 Å². The Labute approximate surface area is 103 Å². The number of pyridine rings is 1. The summed E-state index contributed by atoms with van der Waals surface area (Å²) in [6, 6.07) is 2.93. The van der Waals surface area contributed by atoms with Crippen LogP contribution in [0.1, 0.15) is 17.0 Å². The number of aryl methyl sites for hydroxylation is 2. The van der Waals surface area contributed by atoms with Crippen LogP contribution in [0, 0.1) is 24.0 Å². The van der Waals surface area contributed by atoms with Crippen LogP contribution in [0.5, 0.6) is 0 Å². The van der Waals surface area contributed by atoms with Gasteiger partial charge in [0.25, 0.3) is 0 Å². The van der Waals surface area contributed by atoms with Crippen molar-refractivity contribution in [1.82, 2.24) is 10.1 Å². The molecule has 0 amide bonds. The maximum absolute atomic E-state index is 10.8. The molecule has 2 heterocycles. The van der Waals surface area contributed by atoms with Crippen LogP contribution in [0.2, 0.25) is 0 Å². The van der Waals surface area contributed by atoms with Crippen LogP contribution in [0.4, 0.5) is 11.5 Å². The average molecular weight is 248 g/mol. The van der Waals surface area contributed by atoms with Crippen LogP contribution >= 0.6 is 0 Å². The van der Waals surface area contributed by atoms with Crippen LogP contribution < -0.4 is 5.32 Å². The molecule has 0 atom stereocenters. The molecule has 0 aliphatic heterocycles. The first-order valence-electron chi connectivity index (χ1n) is 5.34. The van der Waals surface area contributed by atoms with Gasteiger partial charge < -0.3 is 9.84 Å². The third kappa shape index (κ3) is 2.29. The molecule has 18 heavy (non-hydrogen) atoms. The Morgan fingerprint density at radius 1 is 1.50 bits per heavy atom. The fourth-order valence-corrected chi connectivity index (χ4v) is 1.61. The molecule has 0 saturated heterocycles. The van der Waals surface area contributed by atoms with Gasteiger partial charge in [0, 0.05) is 24.4 Å². The smallest absolute Gasteiger partial charge is 0.311 e. The second-order valence-corrected chi connectivity index (χ2v) is 3.78. The van der Waals surface area contributed by atoms with Gasteiger partial charge in [-0.3, -0.25) is 10.1 Å². The molecule has 0 radical (unpaired) electrons. The Balaban J connectivity index is 2.18. The molecule has 0 aliphatic carbocycles. The van der Waals surface area contributed by atoms with E-state index >= 15 is 0 Å². The Kier molecular flexibility index (Phi) is 3.22. The van der Waals surface area contributed by atoms with Crippen molar-refractivity contribution in [3.8, 4) is 0 Å². The number of anilines is 1. The number of hydrogen-bond donors (Lipinski definition) is 1. The lowest BCUT2D eigenvalue weighted by atomic mass is 10.2. The molecule has 0 fully saturated rings. The first-order valence-corrected chi connectivity index (χ1v) is 5.34. The van der Waals surface area contributed by atoms with Crippen LogP contribution in [0.25, 0.3) is 0 Å². The maximum Gasteiger partial charge on any atom is 0.311 e. The van der Waals surface area contributed by atoms with Crippen molar-refractivity contribution in [2.45, 2.75) is 20.4 Å². The lowest BCUT2D eigenvalue weighted by Crippen LogP contribution is -2.05. The SMILES string of the molecule is Cc1noc(C)c1CNc1ncccc1[N+](=O)[O-]. The molecule has 0 bridgehead atoms. The fourth-order valence-electron chi connectivity index (χ4n) is 1.61. The molecule has 0 aromatic carbocycles. The normalized spacial score (nSPS) is 10.3. The van der Waals surface area contributed by atoms with Crippen molar-refractivity contribution in [3.05, 3.63) is 45.5 Å². The van der Waals surface area contributed by atoms with Crippen LogP contribution in [0.15, 0.2) is 22.9 Å². The third-order valence-corrected chi connectivity index (χ3v) is 2.60. The predicted molar refractivity (Wildman–Crippen MR) is 64.2 cm³/mol. The van der Waals surface area contributed by atoms with Crippen molar-refractivity contribution in [2.75, 3.05) is 5.32 Å². The van der Waals surface area contributed by atoms with E-state index in [4.69, 9.17) is 4.52 Å². The van der Waals surface area contributed by atoms with E-state index in [1.165, 1.54) is 18.3 Å². The van der Waals surface area contributed by atoms with Gasteiger partial charge in [-0.1, -0.05) is 5.16 Å². The van der Waals surface area contributed by atoms with Crippen LogP contribution in [-0.4, -0.2) is 15.1 Å². The van der Waals surface area contributed by atoms with Gasteiger partial charge in [-0.05, 0) is 19.9 Å². The van der Waals surface area contributed by atoms with E-state index in [0.717, 1.165) is 11.3 Å². The van der Waals surface area contributed by atoms with Gasteiger partial charge in [0.1, 0.15) is 5.76 Å². The molecule has 7 heteroatoms. The van der Waals surface area contributed by atoms with Crippen molar-refractivity contribution < 1.29 is 9.45 Å². The lowest BCUT2D eigenvalue weighted by molar-refractivity contribution is -0.384. The minimum atomic E-state index is -0.470. The van der Waals surface area contributed by atoms with E-state index in [0.29, 0.717) is 12.3 Å². The van der Waals surface area contributed by atoms with Crippen molar-refractivity contribution in [3.63, 3.8) is 0 Å². The Hall–Kier alpha value is -2.44. The Morgan fingerprint density at radius 2 is 2.28 bits per heavy atom. The van der Waals surface area contributed by atoms with Gasteiger partial charge in [-0.2, -0.15) is 0 Å². The summed E-state index contributed by atoms with van der Waals surface area (Å²) in [5, 5.41) is 17.6. The molecule has 1 N–H and O–H groups in total. The number of nitro groups is 1. The first-order chi connectivity index (χ1) is 8.59. The zero-order valence-electron chi connectivity index (χ0n) is 10.0. The summed E-state index contributed by atoms with van der Waals surface area (Å²) in [5.74, 6) is 0.932. The zero-order chi connectivity index (χ0) is 13.1. The van der Waals surface area contributed by atoms with E-state index in [9.17, 15) is 10.1 Å². The second kappa shape index (κ2) is 4.82. The van der Waals surface area contributed by atoms with Crippen molar-refractivity contribution in [2.24, 2.45) is 0 Å². The van der Waals surface area contributed by atoms with E-state index in [1.54, 1.807) is 6.92 Å². The van der Waals surface area contributed by atoms with Gasteiger partial charge in [-0.25, -0.2) is 4.98 Å². The third-order valence-electron chi connectivity index (χ3n) is 2.60. The van der Waals surface area contributed by atoms with E-state index < -0.39 is 4.92 Å². The summed E-state index contributed by atoms with van der Waals surface area (Å²) in [7, 11) is 0. The number of aromatic nitrogens is 2. The topological polar surface area (TPSA) is 94.1 Å². The highest BCUT2D eigenvalue weighted by Gasteiger charge is 2.15. The predicted octanol–water partition coefficient (Wildman–Crippen LogP) is 2.21. The summed E-state index contributed by atoms with van der Waals surface area (Å²) in [4.78, 5) is 14.3. The summed E-state index contributed by atoms with van der Waals surface area (Å²) in [6.07, 6.45) is 1.50. The highest BCUT2D eigenvalue weighted by Crippen LogP contribution is 2.22. The van der Waals surface area contributed by atoms with Crippen LogP contribution in [0.3, 0.4) is 0 Å².